The molecule has 1 saturated heterocycles. The summed E-state index contributed by atoms with van der Waals surface area (Å²) in [7, 11) is -3.12. The molecule has 2 unspecified atom stereocenters. The maximum absolute atomic E-state index is 12.7. The molecule has 0 aliphatic carbocycles. The van der Waals surface area contributed by atoms with Gasteiger partial charge < -0.3 is 15.4 Å². The molecule has 178 valence electrons. The highest BCUT2D eigenvalue weighted by atomic mass is 32.2. The third-order valence-corrected chi connectivity index (χ3v) is 7.57. The molecule has 10 heteroatoms. The number of sulfone groups is 1. The summed E-state index contributed by atoms with van der Waals surface area (Å²) < 4.78 is 28.1. The lowest BCUT2D eigenvalue weighted by atomic mass is 9.86. The number of benzene rings is 1. The van der Waals surface area contributed by atoms with E-state index in [0.717, 1.165) is 5.56 Å². The van der Waals surface area contributed by atoms with Crippen molar-refractivity contribution in [2.45, 2.75) is 51.1 Å². The van der Waals surface area contributed by atoms with E-state index < -0.39 is 46.3 Å². The van der Waals surface area contributed by atoms with Gasteiger partial charge in [-0.05, 0) is 48.0 Å². The molecule has 2 atom stereocenters. The third kappa shape index (κ3) is 8.12. The van der Waals surface area contributed by atoms with E-state index in [0.29, 0.717) is 24.2 Å². The molecule has 0 saturated carbocycles. The molecular formula is C22H32N2O6S2. The van der Waals surface area contributed by atoms with Crippen LogP contribution in [-0.4, -0.2) is 68.4 Å². The summed E-state index contributed by atoms with van der Waals surface area (Å²) in [5.41, 5.74) is 1.48. The molecule has 0 bridgehead atoms. The van der Waals surface area contributed by atoms with Crippen LogP contribution in [0, 0.1) is 0 Å². The average Bonchev–Trinajstić information content (AvgIpc) is 3.06. The van der Waals surface area contributed by atoms with Crippen LogP contribution in [0.1, 0.15) is 49.5 Å². The Morgan fingerprint density at radius 2 is 1.84 bits per heavy atom. The van der Waals surface area contributed by atoms with Gasteiger partial charge in [0, 0.05) is 11.6 Å². The molecule has 8 nitrogen and oxygen atoms in total. The van der Waals surface area contributed by atoms with Crippen molar-refractivity contribution in [1.29, 1.82) is 0 Å². The number of carbonyl (C=O) groups excluding carboxylic acids is 3. The predicted octanol–water partition coefficient (Wildman–Crippen LogP) is 1.68. The Hall–Kier alpha value is -2.07. The minimum atomic E-state index is -3.12. The van der Waals surface area contributed by atoms with E-state index in [-0.39, 0.29) is 16.9 Å². The quantitative estimate of drug-likeness (QED) is 0.512. The van der Waals surface area contributed by atoms with E-state index in [1.165, 1.54) is 11.8 Å². The Kier molecular flexibility index (Phi) is 9.15. The fourth-order valence-electron chi connectivity index (χ4n) is 3.26. The van der Waals surface area contributed by atoms with Crippen molar-refractivity contribution in [3.05, 3.63) is 35.4 Å². The molecular weight excluding hydrogens is 452 g/mol. The van der Waals surface area contributed by atoms with Crippen molar-refractivity contribution >= 4 is 39.4 Å². The number of esters is 1. The maximum Gasteiger partial charge on any atom is 0.329 e. The van der Waals surface area contributed by atoms with Crippen LogP contribution >= 0.6 is 11.8 Å². The largest absolute Gasteiger partial charge is 0.454 e. The van der Waals surface area contributed by atoms with Crippen molar-refractivity contribution in [2.75, 3.05) is 30.1 Å². The molecule has 1 aliphatic rings. The van der Waals surface area contributed by atoms with Gasteiger partial charge in [-0.3, -0.25) is 9.59 Å². The zero-order chi connectivity index (χ0) is 23.9. The van der Waals surface area contributed by atoms with E-state index in [1.807, 2.05) is 18.4 Å². The van der Waals surface area contributed by atoms with Gasteiger partial charge in [0.25, 0.3) is 11.8 Å². The lowest BCUT2D eigenvalue weighted by molar-refractivity contribution is -0.150. The number of carbonyl (C=O) groups is 3. The Labute approximate surface area is 194 Å². The molecule has 0 aromatic heterocycles. The van der Waals surface area contributed by atoms with Gasteiger partial charge in [-0.2, -0.15) is 11.8 Å². The number of nitrogens with one attached hydrogen (secondary N) is 2. The minimum Gasteiger partial charge on any atom is -0.454 e. The van der Waals surface area contributed by atoms with Crippen LogP contribution in [0.5, 0.6) is 0 Å². The van der Waals surface area contributed by atoms with Crippen molar-refractivity contribution in [3.63, 3.8) is 0 Å². The Morgan fingerprint density at radius 1 is 1.19 bits per heavy atom. The lowest BCUT2D eigenvalue weighted by Crippen LogP contribution is -2.44. The second-order valence-corrected chi connectivity index (χ2v) is 12.1. The van der Waals surface area contributed by atoms with Gasteiger partial charge in [0.1, 0.15) is 6.04 Å². The zero-order valence-electron chi connectivity index (χ0n) is 19.0. The topological polar surface area (TPSA) is 119 Å². The van der Waals surface area contributed by atoms with Crippen LogP contribution in [0.2, 0.25) is 0 Å². The van der Waals surface area contributed by atoms with Crippen molar-refractivity contribution in [1.82, 2.24) is 10.6 Å². The van der Waals surface area contributed by atoms with E-state index in [1.54, 1.807) is 12.1 Å². The fraction of sp³-hybridized carbons (Fsp3) is 0.591. The van der Waals surface area contributed by atoms with Crippen LogP contribution in [0.25, 0.3) is 0 Å². The summed E-state index contributed by atoms with van der Waals surface area (Å²) in [5.74, 6) is -1.10. The highest BCUT2D eigenvalue weighted by molar-refractivity contribution is 7.98. The molecule has 0 radical (unpaired) electrons. The molecule has 1 fully saturated rings. The number of hydrogen-bond donors (Lipinski definition) is 2. The van der Waals surface area contributed by atoms with Gasteiger partial charge >= 0.3 is 5.97 Å². The van der Waals surface area contributed by atoms with Crippen LogP contribution in [0.15, 0.2) is 24.3 Å². The summed E-state index contributed by atoms with van der Waals surface area (Å²) in [6.45, 7) is 5.72. The first kappa shape index (κ1) is 26.2. The zero-order valence-corrected chi connectivity index (χ0v) is 20.6. The second kappa shape index (κ2) is 11.2. The van der Waals surface area contributed by atoms with E-state index in [4.69, 9.17) is 4.74 Å². The molecule has 2 N–H and O–H groups in total. The second-order valence-electron chi connectivity index (χ2n) is 8.91. The molecule has 1 aliphatic heterocycles. The summed E-state index contributed by atoms with van der Waals surface area (Å²) in [6, 6.07) is 5.85. The molecule has 2 rings (SSSR count). The van der Waals surface area contributed by atoms with E-state index >= 15 is 0 Å². The average molecular weight is 485 g/mol. The van der Waals surface area contributed by atoms with Crippen LogP contribution in [0.4, 0.5) is 0 Å². The number of hydrogen-bond acceptors (Lipinski definition) is 7. The van der Waals surface area contributed by atoms with Crippen LogP contribution < -0.4 is 10.6 Å². The van der Waals surface area contributed by atoms with Gasteiger partial charge in [0.05, 0.1) is 11.5 Å². The highest BCUT2D eigenvalue weighted by Crippen LogP contribution is 2.22. The number of amides is 2. The first-order valence-corrected chi connectivity index (χ1v) is 13.7. The summed E-state index contributed by atoms with van der Waals surface area (Å²) in [4.78, 5) is 37.2. The van der Waals surface area contributed by atoms with Crippen molar-refractivity contribution < 1.29 is 27.5 Å². The Bertz CT molecular complexity index is 923. The molecule has 0 spiro atoms. The normalized spacial score (nSPS) is 18.6. The standard InChI is InChI=1S/C22H32N2O6S2/c1-22(2,3)16-7-5-15(6-8-16)20(26)24-18(9-11-31-4)21(27)30-13-19(25)23-17-10-12-32(28,29)14-17/h5-8,17-18H,9-14H2,1-4H3,(H,23,25)(H,24,26). The summed E-state index contributed by atoms with van der Waals surface area (Å²) in [5, 5.41) is 5.27. The first-order chi connectivity index (χ1) is 14.9. The minimum absolute atomic E-state index is 0.0387. The van der Waals surface area contributed by atoms with Crippen LogP contribution in [-0.2, 0) is 29.6 Å². The lowest BCUT2D eigenvalue weighted by Gasteiger charge is -2.20. The van der Waals surface area contributed by atoms with Gasteiger partial charge in [-0.15, -0.1) is 0 Å². The van der Waals surface area contributed by atoms with Gasteiger partial charge in [0.15, 0.2) is 16.4 Å². The molecule has 1 aromatic carbocycles. The number of rotatable bonds is 9. The van der Waals surface area contributed by atoms with Gasteiger partial charge in [-0.1, -0.05) is 32.9 Å². The highest BCUT2D eigenvalue weighted by Gasteiger charge is 2.29. The Balaban J connectivity index is 1.92. The van der Waals surface area contributed by atoms with Gasteiger partial charge in [-0.25, -0.2) is 13.2 Å². The van der Waals surface area contributed by atoms with Crippen molar-refractivity contribution in [3.8, 4) is 0 Å². The van der Waals surface area contributed by atoms with Crippen LogP contribution in [0.3, 0.4) is 0 Å². The van der Waals surface area contributed by atoms with Crippen molar-refractivity contribution in [2.24, 2.45) is 0 Å². The SMILES string of the molecule is CSCCC(NC(=O)c1ccc(C(C)(C)C)cc1)C(=O)OCC(=O)NC1CCS(=O)(=O)C1. The summed E-state index contributed by atoms with van der Waals surface area (Å²) in [6.07, 6.45) is 2.59. The monoisotopic (exact) mass is 484 g/mol. The van der Waals surface area contributed by atoms with E-state index in [9.17, 15) is 22.8 Å². The maximum atomic E-state index is 12.7. The smallest absolute Gasteiger partial charge is 0.329 e. The molecule has 1 heterocycles. The molecule has 32 heavy (non-hydrogen) atoms. The fourth-order valence-corrected chi connectivity index (χ4v) is 5.41. The molecule has 2 amide bonds. The predicted molar refractivity (Wildman–Crippen MR) is 126 cm³/mol. The van der Waals surface area contributed by atoms with Gasteiger partial charge in [0.2, 0.25) is 0 Å². The summed E-state index contributed by atoms with van der Waals surface area (Å²) >= 11 is 1.53. The van der Waals surface area contributed by atoms with E-state index in [2.05, 4.69) is 31.4 Å². The number of thioether (sulfide) groups is 1. The third-order valence-electron chi connectivity index (χ3n) is 5.16. The first-order valence-electron chi connectivity index (χ1n) is 10.5. The number of ether oxygens (including phenoxy) is 1. The molecule has 1 aromatic rings. The Morgan fingerprint density at radius 3 is 2.38 bits per heavy atom.